The van der Waals surface area contributed by atoms with Crippen molar-refractivity contribution in [2.45, 2.75) is 13.5 Å². The fourth-order valence-corrected chi connectivity index (χ4v) is 3.08. The molecule has 1 aromatic heterocycles. The van der Waals surface area contributed by atoms with Crippen LogP contribution in [0.15, 0.2) is 75.9 Å². The largest absolute Gasteiger partial charge is 0.489 e. The highest BCUT2D eigenvalue weighted by atomic mass is 16.5. The predicted molar refractivity (Wildman–Crippen MR) is 101 cm³/mol. The Morgan fingerprint density at radius 1 is 1.00 bits per heavy atom. The highest BCUT2D eigenvalue weighted by molar-refractivity contribution is 6.07. The topological polar surface area (TPSA) is 56.5 Å². The minimum absolute atomic E-state index is 0.00896. The average molecular weight is 344 g/mol. The van der Waals surface area contributed by atoms with E-state index < -0.39 is 5.63 Å². The molecule has 128 valence electrons. The van der Waals surface area contributed by atoms with Gasteiger partial charge >= 0.3 is 5.63 Å². The van der Waals surface area contributed by atoms with E-state index in [2.05, 4.69) is 0 Å². The maximum absolute atomic E-state index is 11.9. The van der Waals surface area contributed by atoms with Gasteiger partial charge in [0.05, 0.1) is 0 Å². The maximum atomic E-state index is 11.9. The summed E-state index contributed by atoms with van der Waals surface area (Å²) in [6.45, 7) is 1.76. The minimum atomic E-state index is -0.404. The van der Waals surface area contributed by atoms with Gasteiger partial charge in [-0.1, -0.05) is 30.3 Å². The van der Waals surface area contributed by atoms with Gasteiger partial charge < -0.3 is 9.15 Å². The van der Waals surface area contributed by atoms with Crippen molar-refractivity contribution in [1.82, 2.24) is 0 Å². The van der Waals surface area contributed by atoms with Crippen LogP contribution in [0.5, 0.6) is 5.75 Å². The van der Waals surface area contributed by atoms with Crippen molar-refractivity contribution in [3.05, 3.63) is 88.3 Å². The summed E-state index contributed by atoms with van der Waals surface area (Å²) in [6.07, 6.45) is 0. The number of hydrogen-bond acceptors (Lipinski definition) is 4. The summed E-state index contributed by atoms with van der Waals surface area (Å²) in [6, 6.07) is 20.1. The molecule has 0 fully saturated rings. The Morgan fingerprint density at radius 2 is 1.77 bits per heavy atom. The van der Waals surface area contributed by atoms with Gasteiger partial charge in [-0.3, -0.25) is 4.79 Å². The van der Waals surface area contributed by atoms with Crippen LogP contribution in [0.4, 0.5) is 0 Å². The summed E-state index contributed by atoms with van der Waals surface area (Å²) in [5.74, 6) is 0.645. The van der Waals surface area contributed by atoms with Crippen LogP contribution < -0.4 is 10.4 Å². The fraction of sp³-hybridized carbons (Fsp3) is 0.0909. The smallest absolute Gasteiger partial charge is 0.336 e. The molecule has 4 rings (SSSR count). The van der Waals surface area contributed by atoms with Crippen molar-refractivity contribution >= 4 is 27.5 Å². The average Bonchev–Trinajstić information content (AvgIpc) is 2.66. The van der Waals surface area contributed by atoms with Crippen LogP contribution in [0, 0.1) is 0 Å². The first-order valence-corrected chi connectivity index (χ1v) is 8.30. The van der Waals surface area contributed by atoms with Gasteiger partial charge in [0.1, 0.15) is 17.9 Å². The van der Waals surface area contributed by atoms with Crippen LogP contribution in [-0.4, -0.2) is 5.78 Å². The monoisotopic (exact) mass is 344 g/mol. The fourth-order valence-electron chi connectivity index (χ4n) is 3.08. The molecule has 0 saturated carbocycles. The van der Waals surface area contributed by atoms with Gasteiger partial charge in [0.15, 0.2) is 5.78 Å². The standard InChI is InChI=1S/C22H16O4/c1-14(23)15-6-9-18(10-7-15)25-13-17-12-21(24)26-20-11-8-16-4-2-3-5-19(16)22(17)20/h2-12H,13H2,1H3. The molecule has 0 bridgehead atoms. The number of hydrogen-bond donors (Lipinski definition) is 0. The summed E-state index contributed by atoms with van der Waals surface area (Å²) in [7, 11) is 0. The van der Waals surface area contributed by atoms with Gasteiger partial charge in [0, 0.05) is 22.6 Å². The Balaban J connectivity index is 1.74. The lowest BCUT2D eigenvalue weighted by atomic mass is 10.0. The Bertz CT molecular complexity index is 1170. The Hall–Kier alpha value is -3.40. The lowest BCUT2D eigenvalue weighted by molar-refractivity contribution is 0.101. The van der Waals surface area contributed by atoms with Crippen LogP contribution in [0.3, 0.4) is 0 Å². The van der Waals surface area contributed by atoms with E-state index in [9.17, 15) is 9.59 Å². The molecule has 0 radical (unpaired) electrons. The third kappa shape index (κ3) is 2.97. The first-order chi connectivity index (χ1) is 12.6. The quantitative estimate of drug-likeness (QED) is 0.305. The zero-order valence-electron chi connectivity index (χ0n) is 14.2. The summed E-state index contributed by atoms with van der Waals surface area (Å²) >= 11 is 0. The van der Waals surface area contributed by atoms with Crippen molar-refractivity contribution in [1.29, 1.82) is 0 Å². The van der Waals surface area contributed by atoms with Crippen molar-refractivity contribution in [2.75, 3.05) is 0 Å². The number of carbonyl (C=O) groups is 1. The lowest BCUT2D eigenvalue weighted by Gasteiger charge is -2.10. The van der Waals surface area contributed by atoms with Crippen LogP contribution in [0.1, 0.15) is 22.8 Å². The Morgan fingerprint density at radius 3 is 2.54 bits per heavy atom. The van der Waals surface area contributed by atoms with Crippen LogP contribution in [0.25, 0.3) is 21.7 Å². The van der Waals surface area contributed by atoms with Gasteiger partial charge in [0.2, 0.25) is 0 Å². The van der Waals surface area contributed by atoms with E-state index in [0.717, 1.165) is 21.7 Å². The molecule has 4 nitrogen and oxygen atoms in total. The van der Waals surface area contributed by atoms with E-state index in [4.69, 9.17) is 9.15 Å². The minimum Gasteiger partial charge on any atom is -0.489 e. The molecule has 0 spiro atoms. The highest BCUT2D eigenvalue weighted by Crippen LogP contribution is 2.28. The summed E-state index contributed by atoms with van der Waals surface area (Å²) in [5, 5.41) is 2.96. The van der Waals surface area contributed by atoms with Crippen molar-refractivity contribution in [3.8, 4) is 5.75 Å². The molecule has 0 aliphatic carbocycles. The number of ketones is 1. The summed E-state index contributed by atoms with van der Waals surface area (Å²) < 4.78 is 11.2. The molecule has 4 aromatic rings. The zero-order chi connectivity index (χ0) is 18.1. The van der Waals surface area contributed by atoms with Crippen molar-refractivity contribution in [3.63, 3.8) is 0 Å². The lowest BCUT2D eigenvalue weighted by Crippen LogP contribution is -2.04. The molecule has 1 heterocycles. The van der Waals surface area contributed by atoms with Gasteiger partial charge in [-0.15, -0.1) is 0 Å². The van der Waals surface area contributed by atoms with E-state index in [-0.39, 0.29) is 12.4 Å². The van der Waals surface area contributed by atoms with E-state index >= 15 is 0 Å². The molecule has 0 unspecified atom stereocenters. The van der Waals surface area contributed by atoms with Crippen molar-refractivity contribution in [2.24, 2.45) is 0 Å². The van der Waals surface area contributed by atoms with Gasteiger partial charge in [-0.05, 0) is 48.0 Å². The van der Waals surface area contributed by atoms with Crippen molar-refractivity contribution < 1.29 is 13.9 Å². The normalized spacial score (nSPS) is 11.0. The number of Topliss-reactive ketones (excluding diaryl/α,β-unsaturated/α-hetero) is 1. The molecular formula is C22H16O4. The highest BCUT2D eigenvalue weighted by Gasteiger charge is 2.10. The second kappa shape index (κ2) is 6.48. The molecule has 0 aliphatic heterocycles. The molecule has 0 atom stereocenters. The zero-order valence-corrected chi connectivity index (χ0v) is 14.2. The molecule has 0 amide bonds. The van der Waals surface area contributed by atoms with E-state index in [1.165, 1.54) is 13.0 Å². The first kappa shape index (κ1) is 16.1. The molecule has 0 aliphatic rings. The maximum Gasteiger partial charge on any atom is 0.336 e. The third-order valence-corrected chi connectivity index (χ3v) is 4.37. The molecule has 3 aromatic carbocycles. The second-order valence-electron chi connectivity index (χ2n) is 6.12. The van der Waals surface area contributed by atoms with Gasteiger partial charge in [-0.2, -0.15) is 0 Å². The predicted octanol–water partition coefficient (Wildman–Crippen LogP) is 4.73. The first-order valence-electron chi connectivity index (χ1n) is 8.30. The van der Waals surface area contributed by atoms with Crippen LogP contribution in [0.2, 0.25) is 0 Å². The molecule has 0 saturated heterocycles. The number of carbonyl (C=O) groups excluding carboxylic acids is 1. The molecule has 4 heteroatoms. The summed E-state index contributed by atoms with van der Waals surface area (Å²) in [4.78, 5) is 23.3. The Kier molecular flexibility index (Phi) is 4.01. The van der Waals surface area contributed by atoms with Gasteiger partial charge in [-0.25, -0.2) is 4.79 Å². The third-order valence-electron chi connectivity index (χ3n) is 4.37. The van der Waals surface area contributed by atoms with Crippen LogP contribution >= 0.6 is 0 Å². The summed E-state index contributed by atoms with van der Waals surface area (Å²) in [5.41, 5.74) is 1.54. The number of ether oxygens (including phenoxy) is 1. The molecule has 26 heavy (non-hydrogen) atoms. The van der Waals surface area contributed by atoms with Gasteiger partial charge in [0.25, 0.3) is 0 Å². The Labute approximate surface area is 149 Å². The second-order valence-corrected chi connectivity index (χ2v) is 6.12. The molecule has 0 N–H and O–H groups in total. The SMILES string of the molecule is CC(=O)c1ccc(OCc2cc(=O)oc3ccc4ccccc4c23)cc1. The molecular weight excluding hydrogens is 328 g/mol. The number of benzene rings is 3. The number of fused-ring (bicyclic) bond motifs is 3. The van der Waals surface area contributed by atoms with E-state index in [0.29, 0.717) is 16.9 Å². The number of rotatable bonds is 4. The van der Waals surface area contributed by atoms with Crippen LogP contribution in [-0.2, 0) is 6.61 Å². The van der Waals surface area contributed by atoms with E-state index in [1.54, 1.807) is 24.3 Å². The van der Waals surface area contributed by atoms with E-state index in [1.807, 2.05) is 36.4 Å².